The van der Waals surface area contributed by atoms with Crippen molar-refractivity contribution in [1.82, 2.24) is 4.90 Å². The molecule has 0 aromatic heterocycles. The Morgan fingerprint density at radius 2 is 2.18 bits per heavy atom. The number of halogens is 1. The smallest absolute Gasteiger partial charge is 0.125 e. The molecule has 1 saturated heterocycles. The molecule has 0 radical (unpaired) electrons. The minimum absolute atomic E-state index is 0.567. The van der Waals surface area contributed by atoms with E-state index in [0.29, 0.717) is 19.0 Å². The van der Waals surface area contributed by atoms with E-state index in [0.717, 1.165) is 6.54 Å². The summed E-state index contributed by atoms with van der Waals surface area (Å²) in [7, 11) is 0. The normalized spacial score (nSPS) is 21.5. The molecule has 0 unspecified atom stereocenters. The van der Waals surface area contributed by atoms with E-state index < -0.39 is 6.17 Å². The number of allylic oxidation sites excluding steroid dienone is 1. The molecule has 1 aliphatic heterocycles. The monoisotopic (exact) mass is 157 g/mol. The second kappa shape index (κ2) is 3.86. The average Bonchev–Trinajstić information content (AvgIpc) is 1.83. The Labute approximate surface area is 67.9 Å². The van der Waals surface area contributed by atoms with Gasteiger partial charge in [-0.05, 0) is 5.92 Å². The van der Waals surface area contributed by atoms with Crippen LogP contribution in [0, 0.1) is 5.92 Å². The number of hydrogen-bond acceptors (Lipinski definition) is 1. The maximum absolute atomic E-state index is 12.3. The molecule has 2 heteroatoms. The third kappa shape index (κ3) is 3.02. The molecular weight excluding hydrogens is 141 g/mol. The van der Waals surface area contributed by atoms with Gasteiger partial charge in [0.05, 0.1) is 0 Å². The highest BCUT2D eigenvalue weighted by molar-refractivity contribution is 4.91. The van der Waals surface area contributed by atoms with Crippen molar-refractivity contribution < 1.29 is 4.39 Å². The molecule has 1 nitrogen and oxygen atoms in total. The third-order valence-electron chi connectivity index (χ3n) is 1.80. The summed E-state index contributed by atoms with van der Waals surface area (Å²) in [6, 6.07) is 0. The molecule has 0 amide bonds. The Balaban J connectivity index is 2.04. The molecule has 0 saturated carbocycles. The first-order chi connectivity index (χ1) is 5.18. The van der Waals surface area contributed by atoms with Gasteiger partial charge in [0.2, 0.25) is 0 Å². The molecule has 1 fully saturated rings. The van der Waals surface area contributed by atoms with Crippen LogP contribution >= 0.6 is 0 Å². The highest BCUT2D eigenvalue weighted by Gasteiger charge is 2.24. The molecule has 0 spiro atoms. The molecule has 0 aliphatic carbocycles. The standard InChI is InChI=1S/C9H16FN/c1-8(2)4-3-5-11-6-9(10)7-11/h3-4,8-9H,5-7H2,1-2H3/b4-3+. The molecule has 1 heterocycles. The summed E-state index contributed by atoms with van der Waals surface area (Å²) in [5.41, 5.74) is 0. The molecule has 0 aromatic rings. The van der Waals surface area contributed by atoms with Crippen LogP contribution in [0.3, 0.4) is 0 Å². The van der Waals surface area contributed by atoms with Gasteiger partial charge in [0.1, 0.15) is 6.17 Å². The Kier molecular flexibility index (Phi) is 3.06. The maximum atomic E-state index is 12.3. The zero-order valence-electron chi connectivity index (χ0n) is 7.26. The molecule has 0 bridgehead atoms. The molecular formula is C9H16FN. The first kappa shape index (κ1) is 8.72. The summed E-state index contributed by atoms with van der Waals surface area (Å²) in [5, 5.41) is 0. The van der Waals surface area contributed by atoms with E-state index in [9.17, 15) is 4.39 Å². The van der Waals surface area contributed by atoms with E-state index in [4.69, 9.17) is 0 Å². The average molecular weight is 157 g/mol. The van der Waals surface area contributed by atoms with Crippen molar-refractivity contribution >= 4 is 0 Å². The van der Waals surface area contributed by atoms with E-state index >= 15 is 0 Å². The maximum Gasteiger partial charge on any atom is 0.125 e. The van der Waals surface area contributed by atoms with Gasteiger partial charge in [0, 0.05) is 19.6 Å². The van der Waals surface area contributed by atoms with Crippen molar-refractivity contribution in [2.75, 3.05) is 19.6 Å². The number of nitrogens with zero attached hydrogens (tertiary/aromatic N) is 1. The first-order valence-corrected chi connectivity index (χ1v) is 4.21. The van der Waals surface area contributed by atoms with Crippen LogP contribution in [0.25, 0.3) is 0 Å². The van der Waals surface area contributed by atoms with E-state index in [1.165, 1.54) is 0 Å². The highest BCUT2D eigenvalue weighted by atomic mass is 19.1. The molecule has 1 rings (SSSR count). The van der Waals surface area contributed by atoms with Crippen LogP contribution in [-0.4, -0.2) is 30.7 Å². The number of alkyl halides is 1. The number of rotatable bonds is 3. The van der Waals surface area contributed by atoms with Gasteiger partial charge in [-0.15, -0.1) is 0 Å². The molecule has 1 aliphatic rings. The van der Waals surface area contributed by atoms with Gasteiger partial charge in [0.15, 0.2) is 0 Å². The van der Waals surface area contributed by atoms with E-state index in [1.54, 1.807) is 0 Å². The van der Waals surface area contributed by atoms with Crippen LogP contribution in [-0.2, 0) is 0 Å². The fourth-order valence-corrected chi connectivity index (χ4v) is 1.14. The predicted octanol–water partition coefficient (Wildman–Crippen LogP) is 1.85. The fourth-order valence-electron chi connectivity index (χ4n) is 1.14. The Morgan fingerprint density at radius 3 is 2.64 bits per heavy atom. The fraction of sp³-hybridized carbons (Fsp3) is 0.778. The van der Waals surface area contributed by atoms with Crippen LogP contribution in [0.15, 0.2) is 12.2 Å². The minimum Gasteiger partial charge on any atom is -0.294 e. The molecule has 64 valence electrons. The zero-order valence-corrected chi connectivity index (χ0v) is 7.26. The second-order valence-electron chi connectivity index (χ2n) is 3.49. The SMILES string of the molecule is CC(C)/C=C/CN1CC(F)C1. The summed E-state index contributed by atoms with van der Waals surface area (Å²) in [6.07, 6.45) is 3.71. The van der Waals surface area contributed by atoms with Gasteiger partial charge in [-0.25, -0.2) is 4.39 Å². The van der Waals surface area contributed by atoms with Crippen molar-refractivity contribution in [2.24, 2.45) is 5.92 Å². The summed E-state index contributed by atoms with van der Waals surface area (Å²) in [4.78, 5) is 2.10. The Hall–Kier alpha value is -0.370. The number of hydrogen-bond donors (Lipinski definition) is 0. The van der Waals surface area contributed by atoms with Crippen molar-refractivity contribution in [3.8, 4) is 0 Å². The van der Waals surface area contributed by atoms with Gasteiger partial charge < -0.3 is 0 Å². The second-order valence-corrected chi connectivity index (χ2v) is 3.49. The van der Waals surface area contributed by atoms with E-state index in [2.05, 4.69) is 30.9 Å². The Bertz CT molecular complexity index is 136. The van der Waals surface area contributed by atoms with E-state index in [1.807, 2.05) is 0 Å². The summed E-state index contributed by atoms with van der Waals surface area (Å²) in [5.74, 6) is 0.609. The third-order valence-corrected chi connectivity index (χ3v) is 1.80. The van der Waals surface area contributed by atoms with Crippen LogP contribution in [0.5, 0.6) is 0 Å². The van der Waals surface area contributed by atoms with Crippen molar-refractivity contribution in [1.29, 1.82) is 0 Å². The van der Waals surface area contributed by atoms with Gasteiger partial charge in [-0.1, -0.05) is 26.0 Å². The Morgan fingerprint density at radius 1 is 1.55 bits per heavy atom. The number of likely N-dealkylation sites (tertiary alicyclic amines) is 1. The largest absolute Gasteiger partial charge is 0.294 e. The minimum atomic E-state index is -0.567. The van der Waals surface area contributed by atoms with Gasteiger partial charge >= 0.3 is 0 Å². The lowest BCUT2D eigenvalue weighted by atomic mass is 10.1. The van der Waals surface area contributed by atoms with Crippen LogP contribution in [0.2, 0.25) is 0 Å². The van der Waals surface area contributed by atoms with Crippen LogP contribution in [0.1, 0.15) is 13.8 Å². The van der Waals surface area contributed by atoms with Crippen molar-refractivity contribution in [3.05, 3.63) is 12.2 Å². The summed E-state index contributed by atoms with van der Waals surface area (Å²) >= 11 is 0. The van der Waals surface area contributed by atoms with Gasteiger partial charge in [-0.2, -0.15) is 0 Å². The predicted molar refractivity (Wildman–Crippen MR) is 45.3 cm³/mol. The highest BCUT2D eigenvalue weighted by Crippen LogP contribution is 2.10. The van der Waals surface area contributed by atoms with Crippen molar-refractivity contribution in [2.45, 2.75) is 20.0 Å². The molecule has 0 N–H and O–H groups in total. The summed E-state index contributed by atoms with van der Waals surface area (Å²) < 4.78 is 12.3. The topological polar surface area (TPSA) is 3.24 Å². The van der Waals surface area contributed by atoms with Crippen LogP contribution in [0.4, 0.5) is 4.39 Å². The molecule has 11 heavy (non-hydrogen) atoms. The lowest BCUT2D eigenvalue weighted by Gasteiger charge is -2.33. The first-order valence-electron chi connectivity index (χ1n) is 4.21. The molecule has 0 aromatic carbocycles. The lowest BCUT2D eigenvalue weighted by molar-refractivity contribution is 0.0771. The van der Waals surface area contributed by atoms with Crippen molar-refractivity contribution in [3.63, 3.8) is 0 Å². The quantitative estimate of drug-likeness (QED) is 0.565. The molecule has 0 atom stereocenters. The lowest BCUT2D eigenvalue weighted by Crippen LogP contribution is -2.48. The van der Waals surface area contributed by atoms with Crippen LogP contribution < -0.4 is 0 Å². The zero-order chi connectivity index (χ0) is 8.27. The van der Waals surface area contributed by atoms with Gasteiger partial charge in [-0.3, -0.25) is 4.90 Å². The van der Waals surface area contributed by atoms with E-state index in [-0.39, 0.29) is 0 Å². The summed E-state index contributed by atoms with van der Waals surface area (Å²) in [6.45, 7) is 6.46. The van der Waals surface area contributed by atoms with Gasteiger partial charge in [0.25, 0.3) is 0 Å².